The molecule has 1 rings (SSSR count). The van der Waals surface area contributed by atoms with Gasteiger partial charge >= 0.3 is 5.97 Å². The van der Waals surface area contributed by atoms with Crippen molar-refractivity contribution in [1.29, 1.82) is 0 Å². The quantitative estimate of drug-likeness (QED) is 0.606. The molecule has 1 aromatic carbocycles. The van der Waals surface area contributed by atoms with Crippen molar-refractivity contribution in [2.24, 2.45) is 0 Å². The van der Waals surface area contributed by atoms with Crippen LogP contribution in [0.2, 0.25) is 0 Å². The van der Waals surface area contributed by atoms with Crippen LogP contribution in [0.1, 0.15) is 31.1 Å². The number of nitrogens with two attached hydrogens (primary N) is 1. The van der Waals surface area contributed by atoms with Crippen LogP contribution in [-0.2, 0) is 9.53 Å². The highest BCUT2D eigenvalue weighted by Crippen LogP contribution is 2.23. The van der Waals surface area contributed by atoms with Gasteiger partial charge in [0.15, 0.2) is 6.10 Å². The number of ether oxygens (including phenoxy) is 2. The number of nitrogen functional groups attached to an aromatic ring is 1. The number of benzene rings is 1. The van der Waals surface area contributed by atoms with Crippen LogP contribution in [0.3, 0.4) is 0 Å². The molecular formula is C14H20N2O4. The Balaban J connectivity index is 2.94. The highest BCUT2D eigenvalue weighted by molar-refractivity contribution is 5.93. The summed E-state index contributed by atoms with van der Waals surface area (Å²) in [4.78, 5) is 23.5. The molecule has 6 heteroatoms. The normalized spacial score (nSPS) is 11.6. The third kappa shape index (κ3) is 4.15. The lowest BCUT2D eigenvalue weighted by Crippen LogP contribution is -2.36. The van der Waals surface area contributed by atoms with E-state index in [4.69, 9.17) is 15.2 Å². The maximum absolute atomic E-state index is 11.8. The van der Waals surface area contributed by atoms with Gasteiger partial charge in [0.2, 0.25) is 0 Å². The van der Waals surface area contributed by atoms with E-state index in [9.17, 15) is 9.59 Å². The summed E-state index contributed by atoms with van der Waals surface area (Å²) >= 11 is 0. The number of carbonyl (C=O) groups excluding carboxylic acids is 2. The first kappa shape index (κ1) is 15.8. The smallest absolute Gasteiger partial charge is 0.341 e. The van der Waals surface area contributed by atoms with Crippen LogP contribution < -0.4 is 15.8 Å². The SMILES string of the molecule is CCNC(=O)C(C)Oc1ccc(N)cc1C(=O)OCC. The molecule has 20 heavy (non-hydrogen) atoms. The Morgan fingerprint density at radius 1 is 1.35 bits per heavy atom. The number of nitrogens with one attached hydrogen (secondary N) is 1. The summed E-state index contributed by atoms with van der Waals surface area (Å²) in [7, 11) is 0. The molecule has 0 fully saturated rings. The van der Waals surface area contributed by atoms with E-state index in [1.807, 2.05) is 6.92 Å². The Labute approximate surface area is 118 Å². The Bertz CT molecular complexity index is 488. The predicted molar refractivity (Wildman–Crippen MR) is 75.6 cm³/mol. The average molecular weight is 280 g/mol. The fourth-order valence-electron chi connectivity index (χ4n) is 1.58. The second-order valence-electron chi connectivity index (χ2n) is 4.13. The lowest BCUT2D eigenvalue weighted by Gasteiger charge is -2.16. The molecule has 0 aliphatic rings. The molecule has 0 heterocycles. The third-order valence-corrected chi connectivity index (χ3v) is 2.52. The summed E-state index contributed by atoms with van der Waals surface area (Å²) in [5.41, 5.74) is 6.29. The summed E-state index contributed by atoms with van der Waals surface area (Å²) < 4.78 is 10.5. The minimum atomic E-state index is -0.716. The van der Waals surface area contributed by atoms with E-state index in [1.165, 1.54) is 6.07 Å². The topological polar surface area (TPSA) is 90.6 Å². The van der Waals surface area contributed by atoms with Gasteiger partial charge in [-0.05, 0) is 39.0 Å². The van der Waals surface area contributed by atoms with E-state index >= 15 is 0 Å². The van der Waals surface area contributed by atoms with E-state index in [2.05, 4.69) is 5.32 Å². The van der Waals surface area contributed by atoms with Gasteiger partial charge in [0.05, 0.1) is 6.61 Å². The van der Waals surface area contributed by atoms with E-state index in [-0.39, 0.29) is 23.8 Å². The lowest BCUT2D eigenvalue weighted by atomic mass is 10.1. The van der Waals surface area contributed by atoms with Crippen LogP contribution in [0.25, 0.3) is 0 Å². The number of hydrogen-bond donors (Lipinski definition) is 2. The molecule has 6 nitrogen and oxygen atoms in total. The van der Waals surface area contributed by atoms with Gasteiger partial charge in [-0.2, -0.15) is 0 Å². The molecule has 0 saturated heterocycles. The molecule has 110 valence electrons. The summed E-state index contributed by atoms with van der Waals surface area (Å²) in [6.45, 7) is 5.90. The van der Waals surface area contributed by atoms with Crippen LogP contribution in [0.15, 0.2) is 18.2 Å². The van der Waals surface area contributed by atoms with Crippen molar-refractivity contribution in [3.05, 3.63) is 23.8 Å². The molecular weight excluding hydrogens is 260 g/mol. The molecule has 0 aliphatic carbocycles. The number of esters is 1. The molecule has 0 bridgehead atoms. The standard InChI is InChI=1S/C14H20N2O4/c1-4-16-13(17)9(3)20-12-7-6-10(15)8-11(12)14(18)19-5-2/h6-9H,4-5,15H2,1-3H3,(H,16,17). The largest absolute Gasteiger partial charge is 0.480 e. The molecule has 1 atom stereocenters. The molecule has 1 aromatic rings. The zero-order valence-electron chi connectivity index (χ0n) is 11.9. The first-order chi connectivity index (χ1) is 9.49. The van der Waals surface area contributed by atoms with Crippen LogP contribution >= 0.6 is 0 Å². The van der Waals surface area contributed by atoms with Gasteiger partial charge in [-0.15, -0.1) is 0 Å². The maximum atomic E-state index is 11.8. The Kier molecular flexibility index (Phi) is 5.83. The van der Waals surface area contributed by atoms with E-state index in [0.29, 0.717) is 12.2 Å². The minimum absolute atomic E-state index is 0.211. The monoisotopic (exact) mass is 280 g/mol. The van der Waals surface area contributed by atoms with Gasteiger partial charge in [0, 0.05) is 12.2 Å². The number of hydrogen-bond acceptors (Lipinski definition) is 5. The van der Waals surface area contributed by atoms with Gasteiger partial charge in [-0.1, -0.05) is 0 Å². The second-order valence-corrected chi connectivity index (χ2v) is 4.13. The second kappa shape index (κ2) is 7.37. The Morgan fingerprint density at radius 3 is 2.65 bits per heavy atom. The van der Waals surface area contributed by atoms with Crippen molar-refractivity contribution >= 4 is 17.6 Å². The number of carbonyl (C=O) groups is 2. The lowest BCUT2D eigenvalue weighted by molar-refractivity contribution is -0.127. The van der Waals surface area contributed by atoms with Crippen LogP contribution in [-0.4, -0.2) is 31.1 Å². The van der Waals surface area contributed by atoms with Crippen molar-refractivity contribution < 1.29 is 19.1 Å². The molecule has 3 N–H and O–H groups in total. The molecule has 0 radical (unpaired) electrons. The number of rotatable bonds is 6. The molecule has 0 aliphatic heterocycles. The summed E-state index contributed by atoms with van der Waals surface area (Å²) in [5.74, 6) is -0.506. The van der Waals surface area contributed by atoms with Crippen molar-refractivity contribution in [3.8, 4) is 5.75 Å². The van der Waals surface area contributed by atoms with Gasteiger partial charge in [0.1, 0.15) is 11.3 Å². The first-order valence-electron chi connectivity index (χ1n) is 6.50. The molecule has 1 unspecified atom stereocenters. The molecule has 1 amide bonds. The Hall–Kier alpha value is -2.24. The Morgan fingerprint density at radius 2 is 2.05 bits per heavy atom. The van der Waals surface area contributed by atoms with Crippen molar-refractivity contribution in [2.75, 3.05) is 18.9 Å². The maximum Gasteiger partial charge on any atom is 0.341 e. The first-order valence-corrected chi connectivity index (χ1v) is 6.50. The zero-order valence-corrected chi connectivity index (χ0v) is 11.9. The molecule has 0 saturated carbocycles. The third-order valence-electron chi connectivity index (χ3n) is 2.52. The van der Waals surface area contributed by atoms with Gasteiger partial charge in [-0.3, -0.25) is 4.79 Å². The number of anilines is 1. The van der Waals surface area contributed by atoms with Gasteiger partial charge < -0.3 is 20.5 Å². The highest BCUT2D eigenvalue weighted by Gasteiger charge is 2.19. The van der Waals surface area contributed by atoms with Crippen LogP contribution in [0, 0.1) is 0 Å². The summed E-state index contributed by atoms with van der Waals surface area (Å²) in [6, 6.07) is 4.62. The van der Waals surface area contributed by atoms with Crippen molar-refractivity contribution in [1.82, 2.24) is 5.32 Å². The highest BCUT2D eigenvalue weighted by atomic mass is 16.5. The molecule has 0 spiro atoms. The summed E-state index contributed by atoms with van der Waals surface area (Å²) in [6.07, 6.45) is -0.716. The zero-order chi connectivity index (χ0) is 15.1. The predicted octanol–water partition coefficient (Wildman–Crippen LogP) is 1.35. The van der Waals surface area contributed by atoms with Gasteiger partial charge in [0.25, 0.3) is 5.91 Å². The van der Waals surface area contributed by atoms with Gasteiger partial charge in [-0.25, -0.2) is 4.79 Å². The van der Waals surface area contributed by atoms with Crippen molar-refractivity contribution in [2.45, 2.75) is 26.9 Å². The van der Waals surface area contributed by atoms with Crippen LogP contribution in [0.4, 0.5) is 5.69 Å². The van der Waals surface area contributed by atoms with E-state index < -0.39 is 12.1 Å². The molecule has 0 aromatic heterocycles. The van der Waals surface area contributed by atoms with Crippen LogP contribution in [0.5, 0.6) is 5.75 Å². The van der Waals surface area contributed by atoms with E-state index in [1.54, 1.807) is 26.0 Å². The minimum Gasteiger partial charge on any atom is -0.480 e. The van der Waals surface area contributed by atoms with E-state index in [0.717, 1.165) is 0 Å². The summed E-state index contributed by atoms with van der Waals surface area (Å²) in [5, 5.41) is 2.65. The number of likely N-dealkylation sites (N-methyl/N-ethyl adjacent to an activating group) is 1. The van der Waals surface area contributed by atoms with Crippen molar-refractivity contribution in [3.63, 3.8) is 0 Å². The number of amides is 1. The fourth-order valence-corrected chi connectivity index (χ4v) is 1.58. The average Bonchev–Trinajstić information content (AvgIpc) is 2.41. The fraction of sp³-hybridized carbons (Fsp3) is 0.429.